The van der Waals surface area contributed by atoms with E-state index in [-0.39, 0.29) is 27.9 Å². The third kappa shape index (κ3) is 5.32. The van der Waals surface area contributed by atoms with E-state index in [4.69, 9.17) is 28.0 Å². The predicted octanol–water partition coefficient (Wildman–Crippen LogP) is 7.82. The standard InChI is InChI=1S/C25H19Cl2F5N2O2S/c1-14-8-15(6-7-16(14)13-33-37(2,35)23-20(28)4-3-5-21(23)29)22-12-24(36-34-22,25(30,31)32)17-9-18(26)11-19(27)10-17/h3-11H,12-13H2,1-2H3. The highest BCUT2D eigenvalue weighted by molar-refractivity contribution is 7.93. The molecule has 1 aliphatic heterocycles. The van der Waals surface area contributed by atoms with Gasteiger partial charge in [-0.15, -0.1) is 0 Å². The molecule has 0 fully saturated rings. The molecule has 4 nitrogen and oxygen atoms in total. The Bertz CT molecular complexity index is 1490. The van der Waals surface area contributed by atoms with Gasteiger partial charge in [-0.05, 0) is 60.0 Å². The average Bonchev–Trinajstić information content (AvgIpc) is 3.24. The Morgan fingerprint density at radius 2 is 1.68 bits per heavy atom. The van der Waals surface area contributed by atoms with Gasteiger partial charge in [0, 0.05) is 28.3 Å². The molecule has 0 saturated heterocycles. The second kappa shape index (κ2) is 9.89. The molecular weight excluding hydrogens is 558 g/mol. The molecule has 4 rings (SSSR count). The summed E-state index contributed by atoms with van der Waals surface area (Å²) in [6.07, 6.45) is -4.31. The van der Waals surface area contributed by atoms with E-state index in [1.807, 2.05) is 0 Å². The second-order valence-electron chi connectivity index (χ2n) is 8.57. The van der Waals surface area contributed by atoms with Gasteiger partial charge in [-0.25, -0.2) is 17.4 Å². The molecule has 0 radical (unpaired) electrons. The van der Waals surface area contributed by atoms with Gasteiger partial charge < -0.3 is 4.84 Å². The van der Waals surface area contributed by atoms with Crippen LogP contribution in [0.2, 0.25) is 10.0 Å². The molecule has 1 heterocycles. The number of rotatable bonds is 5. The van der Waals surface area contributed by atoms with Gasteiger partial charge in [-0.3, -0.25) is 0 Å². The summed E-state index contributed by atoms with van der Waals surface area (Å²) < 4.78 is 87.8. The highest BCUT2D eigenvalue weighted by Crippen LogP contribution is 2.49. The van der Waals surface area contributed by atoms with Crippen LogP contribution in [0.25, 0.3) is 0 Å². The molecule has 196 valence electrons. The Balaban J connectivity index is 1.62. The summed E-state index contributed by atoms with van der Waals surface area (Å²) >= 11 is 11.9. The van der Waals surface area contributed by atoms with E-state index in [1.165, 1.54) is 12.1 Å². The summed E-state index contributed by atoms with van der Waals surface area (Å²) in [4.78, 5) is 4.41. The number of hydrogen-bond donors (Lipinski definition) is 0. The Labute approximate surface area is 220 Å². The minimum atomic E-state index is -4.83. The summed E-state index contributed by atoms with van der Waals surface area (Å²) in [5.74, 6) is -1.92. The van der Waals surface area contributed by atoms with Gasteiger partial charge in [0.15, 0.2) is 0 Å². The minimum Gasteiger partial charge on any atom is -0.374 e. The Hall–Kier alpha value is -2.69. The van der Waals surface area contributed by atoms with Crippen LogP contribution in [0.3, 0.4) is 0 Å². The molecule has 1 aliphatic rings. The molecular formula is C25H19Cl2F5N2O2S. The first-order chi connectivity index (χ1) is 17.2. The Kier molecular flexibility index (Phi) is 7.31. The zero-order valence-corrected chi connectivity index (χ0v) is 21.7. The molecule has 37 heavy (non-hydrogen) atoms. The van der Waals surface area contributed by atoms with Crippen LogP contribution in [-0.2, 0) is 26.7 Å². The molecule has 3 aromatic rings. The van der Waals surface area contributed by atoms with Crippen molar-refractivity contribution in [3.63, 3.8) is 0 Å². The second-order valence-corrected chi connectivity index (χ2v) is 11.7. The molecule has 12 heteroatoms. The number of halogens is 7. The van der Waals surface area contributed by atoms with Gasteiger partial charge in [0.05, 0.1) is 22.0 Å². The molecule has 3 aromatic carbocycles. The highest BCUT2D eigenvalue weighted by atomic mass is 35.5. The van der Waals surface area contributed by atoms with Crippen LogP contribution in [0.5, 0.6) is 0 Å². The monoisotopic (exact) mass is 576 g/mol. The van der Waals surface area contributed by atoms with Crippen molar-refractivity contribution in [1.29, 1.82) is 0 Å². The summed E-state index contributed by atoms with van der Waals surface area (Å²) in [7, 11) is -3.40. The molecule has 0 N–H and O–H groups in total. The maximum absolute atomic E-state index is 14.2. The van der Waals surface area contributed by atoms with E-state index in [2.05, 4.69) is 9.52 Å². The molecule has 0 spiro atoms. The van der Waals surface area contributed by atoms with Crippen molar-refractivity contribution in [3.05, 3.63) is 98.5 Å². The van der Waals surface area contributed by atoms with Crippen LogP contribution < -0.4 is 0 Å². The predicted molar refractivity (Wildman–Crippen MR) is 132 cm³/mol. The van der Waals surface area contributed by atoms with Gasteiger partial charge in [0.1, 0.15) is 16.5 Å². The zero-order valence-electron chi connectivity index (χ0n) is 19.4. The van der Waals surface area contributed by atoms with Crippen molar-refractivity contribution in [2.24, 2.45) is 9.52 Å². The first kappa shape index (κ1) is 27.3. The van der Waals surface area contributed by atoms with Crippen LogP contribution in [0, 0.1) is 18.6 Å². The van der Waals surface area contributed by atoms with E-state index >= 15 is 0 Å². The summed E-state index contributed by atoms with van der Waals surface area (Å²) in [6.45, 7) is 1.55. The van der Waals surface area contributed by atoms with Gasteiger partial charge >= 0.3 is 6.18 Å². The zero-order chi connectivity index (χ0) is 27.2. The van der Waals surface area contributed by atoms with Crippen molar-refractivity contribution in [2.45, 2.75) is 36.6 Å². The van der Waals surface area contributed by atoms with Crippen molar-refractivity contribution in [1.82, 2.24) is 0 Å². The molecule has 0 amide bonds. The Morgan fingerprint density at radius 1 is 1.05 bits per heavy atom. The van der Waals surface area contributed by atoms with Crippen LogP contribution in [0.4, 0.5) is 22.0 Å². The lowest BCUT2D eigenvalue weighted by Gasteiger charge is -2.29. The summed E-state index contributed by atoms with van der Waals surface area (Å²) in [5.41, 5.74) is -1.45. The van der Waals surface area contributed by atoms with Gasteiger partial charge in [-0.2, -0.15) is 13.2 Å². The molecule has 0 saturated carbocycles. The third-order valence-electron chi connectivity index (χ3n) is 5.97. The molecule has 0 aromatic heterocycles. The fourth-order valence-electron chi connectivity index (χ4n) is 4.00. The number of oxime groups is 1. The van der Waals surface area contributed by atoms with Crippen molar-refractivity contribution >= 4 is 38.6 Å². The fourth-order valence-corrected chi connectivity index (χ4v) is 5.90. The lowest BCUT2D eigenvalue weighted by Crippen LogP contribution is -2.42. The van der Waals surface area contributed by atoms with E-state index in [0.717, 1.165) is 36.6 Å². The van der Waals surface area contributed by atoms with Gasteiger partial charge in [0.2, 0.25) is 0 Å². The number of hydrogen-bond acceptors (Lipinski definition) is 4. The first-order valence-corrected chi connectivity index (χ1v) is 13.4. The summed E-state index contributed by atoms with van der Waals surface area (Å²) in [6, 6.07) is 11.4. The van der Waals surface area contributed by atoms with Crippen LogP contribution in [-0.4, -0.2) is 22.4 Å². The van der Waals surface area contributed by atoms with E-state index in [9.17, 15) is 26.2 Å². The fraction of sp³-hybridized carbons (Fsp3) is 0.240. The third-order valence-corrected chi connectivity index (χ3v) is 8.18. The molecule has 0 bridgehead atoms. The van der Waals surface area contributed by atoms with E-state index in [0.29, 0.717) is 16.7 Å². The maximum Gasteiger partial charge on any atom is 0.435 e. The number of nitrogens with zero attached hydrogens (tertiary/aromatic N) is 2. The van der Waals surface area contributed by atoms with Crippen molar-refractivity contribution in [3.8, 4) is 0 Å². The number of aryl methyl sites for hydroxylation is 1. The smallest absolute Gasteiger partial charge is 0.374 e. The quantitative estimate of drug-likeness (QED) is 0.291. The number of alkyl halides is 3. The van der Waals surface area contributed by atoms with Crippen LogP contribution in [0.15, 0.2) is 69.0 Å². The van der Waals surface area contributed by atoms with Gasteiger partial charge in [-0.1, -0.05) is 46.6 Å². The SMILES string of the molecule is Cc1cc(C2=NOC(c3cc(Cl)cc(Cl)c3)(C(F)(F)F)C2)ccc1CN=S(C)(=O)c1c(F)cccc1F. The molecule has 0 aliphatic carbocycles. The lowest BCUT2D eigenvalue weighted by molar-refractivity contribution is -0.275. The van der Waals surface area contributed by atoms with Crippen LogP contribution in [0.1, 0.15) is 28.7 Å². The van der Waals surface area contributed by atoms with Crippen molar-refractivity contribution < 1.29 is 31.0 Å². The molecule has 2 unspecified atom stereocenters. The lowest BCUT2D eigenvalue weighted by atomic mass is 9.86. The van der Waals surface area contributed by atoms with E-state index in [1.54, 1.807) is 19.1 Å². The summed E-state index contributed by atoms with van der Waals surface area (Å²) in [5, 5.41) is 3.78. The maximum atomic E-state index is 14.2. The van der Waals surface area contributed by atoms with Crippen molar-refractivity contribution in [2.75, 3.05) is 6.26 Å². The van der Waals surface area contributed by atoms with Gasteiger partial charge in [0.25, 0.3) is 5.60 Å². The minimum absolute atomic E-state index is 0.0230. The first-order valence-electron chi connectivity index (χ1n) is 10.7. The number of benzene rings is 3. The largest absolute Gasteiger partial charge is 0.435 e. The average molecular weight is 577 g/mol. The molecule has 2 atom stereocenters. The topological polar surface area (TPSA) is 51.0 Å². The normalized spacial score (nSPS) is 19.2. The van der Waals surface area contributed by atoms with Crippen LogP contribution >= 0.6 is 23.2 Å². The highest BCUT2D eigenvalue weighted by Gasteiger charge is 2.62. The Morgan fingerprint density at radius 3 is 2.24 bits per heavy atom. The van der Waals surface area contributed by atoms with E-state index < -0.39 is 44.5 Å².